The van der Waals surface area contributed by atoms with Crippen LogP contribution in [0.15, 0.2) is 30.5 Å². The second kappa shape index (κ2) is 6.50. The zero-order valence-corrected chi connectivity index (χ0v) is 14.0. The van der Waals surface area contributed by atoms with Crippen LogP contribution in [0.3, 0.4) is 0 Å². The van der Waals surface area contributed by atoms with Crippen molar-refractivity contribution in [2.75, 3.05) is 38.2 Å². The van der Waals surface area contributed by atoms with E-state index in [-0.39, 0.29) is 5.91 Å². The molecule has 122 valence electrons. The number of carbonyl (C=O) groups excluding carboxylic acids is 1. The molecule has 1 aromatic heterocycles. The summed E-state index contributed by atoms with van der Waals surface area (Å²) in [6.07, 6.45) is 1.70. The third-order valence-electron chi connectivity index (χ3n) is 3.96. The molecular formula is C16H19ClN4O2. The van der Waals surface area contributed by atoms with Crippen LogP contribution in [0.4, 0.5) is 5.69 Å². The summed E-state index contributed by atoms with van der Waals surface area (Å²) in [6.45, 7) is 2.86. The van der Waals surface area contributed by atoms with E-state index in [0.717, 1.165) is 23.8 Å². The van der Waals surface area contributed by atoms with Crippen molar-refractivity contribution >= 4 is 23.2 Å². The molecule has 0 aliphatic carbocycles. The quantitative estimate of drug-likeness (QED) is 0.862. The minimum atomic E-state index is -0.0410. The van der Waals surface area contributed by atoms with Gasteiger partial charge in [-0.05, 0) is 18.2 Å². The van der Waals surface area contributed by atoms with E-state index in [1.165, 1.54) is 7.11 Å². The van der Waals surface area contributed by atoms with Crippen molar-refractivity contribution in [2.45, 2.75) is 0 Å². The number of amides is 1. The largest absolute Gasteiger partial charge is 0.479 e. The van der Waals surface area contributed by atoms with Crippen molar-refractivity contribution in [1.82, 2.24) is 14.7 Å². The van der Waals surface area contributed by atoms with Crippen LogP contribution in [-0.4, -0.2) is 53.9 Å². The highest BCUT2D eigenvalue weighted by atomic mass is 35.5. The Morgan fingerprint density at radius 1 is 1.26 bits per heavy atom. The van der Waals surface area contributed by atoms with Gasteiger partial charge in [0.05, 0.1) is 7.11 Å². The second-order valence-electron chi connectivity index (χ2n) is 5.48. The second-order valence-corrected chi connectivity index (χ2v) is 5.92. The van der Waals surface area contributed by atoms with Gasteiger partial charge in [-0.1, -0.05) is 17.7 Å². The minimum absolute atomic E-state index is 0.0410. The number of hydrogen-bond donors (Lipinski definition) is 0. The smallest absolute Gasteiger partial charge is 0.261 e. The number of aryl methyl sites for hydroxylation is 1. The van der Waals surface area contributed by atoms with E-state index in [0.29, 0.717) is 24.5 Å². The average Bonchev–Trinajstić information content (AvgIpc) is 2.95. The van der Waals surface area contributed by atoms with Crippen LogP contribution in [0, 0.1) is 0 Å². The molecule has 0 unspecified atom stereocenters. The molecule has 0 saturated carbocycles. The molecule has 1 saturated heterocycles. The van der Waals surface area contributed by atoms with Crippen molar-refractivity contribution in [1.29, 1.82) is 0 Å². The number of hydrogen-bond acceptors (Lipinski definition) is 4. The van der Waals surface area contributed by atoms with E-state index in [2.05, 4.69) is 10.00 Å². The normalized spacial score (nSPS) is 14.9. The maximum Gasteiger partial charge on any atom is 0.261 e. The van der Waals surface area contributed by atoms with Crippen LogP contribution in [0.1, 0.15) is 10.4 Å². The molecule has 0 radical (unpaired) electrons. The van der Waals surface area contributed by atoms with Gasteiger partial charge < -0.3 is 14.5 Å². The summed E-state index contributed by atoms with van der Waals surface area (Å²) in [6, 6.07) is 7.78. The summed E-state index contributed by atoms with van der Waals surface area (Å²) in [4.78, 5) is 16.7. The van der Waals surface area contributed by atoms with E-state index in [9.17, 15) is 4.79 Å². The van der Waals surface area contributed by atoms with E-state index in [4.69, 9.17) is 16.3 Å². The molecule has 0 atom stereocenters. The molecule has 0 bridgehead atoms. The van der Waals surface area contributed by atoms with E-state index in [1.54, 1.807) is 17.9 Å². The van der Waals surface area contributed by atoms with Crippen molar-refractivity contribution in [2.24, 2.45) is 7.05 Å². The van der Waals surface area contributed by atoms with Crippen LogP contribution in [0.25, 0.3) is 0 Å². The molecule has 6 nitrogen and oxygen atoms in total. The molecule has 1 aliphatic rings. The summed E-state index contributed by atoms with van der Waals surface area (Å²) >= 11 is 6.04. The first kappa shape index (κ1) is 15.7. The number of anilines is 1. The number of aromatic nitrogens is 2. The topological polar surface area (TPSA) is 50.6 Å². The predicted molar refractivity (Wildman–Crippen MR) is 89.3 cm³/mol. The first-order chi connectivity index (χ1) is 11.1. The van der Waals surface area contributed by atoms with Gasteiger partial charge in [-0.2, -0.15) is 0 Å². The Morgan fingerprint density at radius 2 is 2.00 bits per heavy atom. The van der Waals surface area contributed by atoms with E-state index < -0.39 is 0 Å². The standard InChI is InChI=1S/C16H19ClN4O2/c1-19-11-14(15(18-19)23-2)16(22)21-8-6-20(7-9-21)13-5-3-4-12(17)10-13/h3-5,10-11H,6-9H2,1-2H3. The lowest BCUT2D eigenvalue weighted by Crippen LogP contribution is -2.48. The highest BCUT2D eigenvalue weighted by molar-refractivity contribution is 6.30. The van der Waals surface area contributed by atoms with Crippen molar-refractivity contribution in [3.63, 3.8) is 0 Å². The van der Waals surface area contributed by atoms with Crippen molar-refractivity contribution in [3.05, 3.63) is 41.0 Å². The van der Waals surface area contributed by atoms with Gasteiger partial charge in [0.2, 0.25) is 5.88 Å². The first-order valence-electron chi connectivity index (χ1n) is 7.46. The Balaban J connectivity index is 1.67. The number of nitrogens with zero attached hydrogens (tertiary/aromatic N) is 4. The Morgan fingerprint density at radius 3 is 2.65 bits per heavy atom. The summed E-state index contributed by atoms with van der Waals surface area (Å²) < 4.78 is 6.77. The molecule has 1 amide bonds. The van der Waals surface area contributed by atoms with Crippen LogP contribution in [-0.2, 0) is 7.05 Å². The van der Waals surface area contributed by atoms with Crippen LogP contribution >= 0.6 is 11.6 Å². The SMILES string of the molecule is COc1nn(C)cc1C(=O)N1CCN(c2cccc(Cl)c2)CC1. The monoisotopic (exact) mass is 334 g/mol. The number of ether oxygens (including phenoxy) is 1. The fraction of sp³-hybridized carbons (Fsp3) is 0.375. The number of halogens is 1. The summed E-state index contributed by atoms with van der Waals surface area (Å²) in [5, 5.41) is 4.86. The molecule has 2 aromatic rings. The lowest BCUT2D eigenvalue weighted by atomic mass is 10.2. The third kappa shape index (κ3) is 3.27. The molecule has 1 aromatic carbocycles. The predicted octanol–water partition coefficient (Wildman–Crippen LogP) is 2.04. The van der Waals surface area contributed by atoms with Crippen molar-refractivity contribution in [3.8, 4) is 5.88 Å². The zero-order valence-electron chi connectivity index (χ0n) is 13.2. The highest BCUT2D eigenvalue weighted by Gasteiger charge is 2.26. The number of piperazine rings is 1. The van der Waals surface area contributed by atoms with Gasteiger partial charge >= 0.3 is 0 Å². The maximum absolute atomic E-state index is 12.6. The maximum atomic E-state index is 12.6. The summed E-state index contributed by atoms with van der Waals surface area (Å²) in [7, 11) is 3.30. The van der Waals surface area contributed by atoms with Gasteiger partial charge in [-0.25, -0.2) is 0 Å². The zero-order chi connectivity index (χ0) is 16.4. The molecule has 2 heterocycles. The number of benzene rings is 1. The fourth-order valence-corrected chi connectivity index (χ4v) is 2.96. The van der Waals surface area contributed by atoms with Gasteiger partial charge in [0.15, 0.2) is 0 Å². The molecule has 1 aliphatic heterocycles. The highest BCUT2D eigenvalue weighted by Crippen LogP contribution is 2.22. The van der Waals surface area contributed by atoms with Gasteiger partial charge in [0.25, 0.3) is 5.91 Å². The lowest BCUT2D eigenvalue weighted by Gasteiger charge is -2.36. The van der Waals surface area contributed by atoms with Crippen LogP contribution < -0.4 is 9.64 Å². The number of methoxy groups -OCH3 is 1. The molecular weight excluding hydrogens is 316 g/mol. The molecule has 7 heteroatoms. The summed E-state index contributed by atoms with van der Waals surface area (Å²) in [5.74, 6) is 0.329. The molecule has 3 rings (SSSR count). The average molecular weight is 335 g/mol. The van der Waals surface area contributed by atoms with Gasteiger partial charge in [0.1, 0.15) is 5.56 Å². The molecule has 23 heavy (non-hydrogen) atoms. The Labute approximate surface area is 140 Å². The first-order valence-corrected chi connectivity index (χ1v) is 7.83. The lowest BCUT2D eigenvalue weighted by molar-refractivity contribution is 0.0743. The third-order valence-corrected chi connectivity index (χ3v) is 4.19. The van der Waals surface area contributed by atoms with Crippen LogP contribution in [0.5, 0.6) is 5.88 Å². The summed E-state index contributed by atoms with van der Waals surface area (Å²) in [5.41, 5.74) is 1.59. The number of rotatable bonds is 3. The molecule has 1 fully saturated rings. The van der Waals surface area contributed by atoms with E-state index >= 15 is 0 Å². The Bertz CT molecular complexity index is 708. The van der Waals surface area contributed by atoms with E-state index in [1.807, 2.05) is 29.2 Å². The van der Waals surface area contributed by atoms with Crippen LogP contribution in [0.2, 0.25) is 5.02 Å². The minimum Gasteiger partial charge on any atom is -0.479 e. The fourth-order valence-electron chi connectivity index (χ4n) is 2.78. The Hall–Kier alpha value is -2.21. The number of carbonyl (C=O) groups is 1. The molecule has 0 N–H and O–H groups in total. The van der Waals surface area contributed by atoms with Gasteiger partial charge in [-0.3, -0.25) is 9.48 Å². The van der Waals surface area contributed by atoms with Crippen molar-refractivity contribution < 1.29 is 9.53 Å². The van der Waals surface area contributed by atoms with Gasteiger partial charge in [0, 0.05) is 50.1 Å². The molecule has 0 spiro atoms. The Kier molecular flexibility index (Phi) is 4.43. The van der Waals surface area contributed by atoms with Gasteiger partial charge in [-0.15, -0.1) is 5.10 Å².